The lowest BCUT2D eigenvalue weighted by molar-refractivity contribution is -0.146. The van der Waals surface area contributed by atoms with Gasteiger partial charge in [0.05, 0.1) is 13.2 Å². The minimum absolute atomic E-state index is 0. The van der Waals surface area contributed by atoms with Crippen LogP contribution in [0.15, 0.2) is 0 Å². The fourth-order valence-corrected chi connectivity index (χ4v) is 0.999. The molecule has 0 spiro atoms. The fourth-order valence-electron chi connectivity index (χ4n) is 0.999. The second-order valence-electron chi connectivity index (χ2n) is 3.28. The number of rotatable bonds is 10. The van der Waals surface area contributed by atoms with Gasteiger partial charge in [0.15, 0.2) is 0 Å². The van der Waals surface area contributed by atoms with Crippen molar-refractivity contribution in [2.45, 2.75) is 49.0 Å². The van der Waals surface area contributed by atoms with Gasteiger partial charge in [-0.05, 0) is 6.42 Å². The van der Waals surface area contributed by atoms with Crippen LogP contribution in [0.3, 0.4) is 0 Å². The third-order valence-electron chi connectivity index (χ3n) is 1.86. The summed E-state index contributed by atoms with van der Waals surface area (Å²) in [6, 6.07) is 0. The molecule has 0 aromatic rings. The molecule has 0 rings (SSSR count). The Morgan fingerprint density at radius 3 is 1.29 bits per heavy atom. The van der Waals surface area contributed by atoms with Gasteiger partial charge in [0, 0.05) is 27.1 Å². The van der Waals surface area contributed by atoms with E-state index in [1.165, 1.54) is 14.2 Å². The van der Waals surface area contributed by atoms with Gasteiger partial charge in [-0.2, -0.15) is 0 Å². The van der Waals surface area contributed by atoms with Gasteiger partial charge in [0.2, 0.25) is 0 Å². The van der Waals surface area contributed by atoms with Crippen LogP contribution in [-0.4, -0.2) is 52.6 Å². The molecular weight excluding hydrogens is 276 g/mol. The molecule has 0 aliphatic rings. The van der Waals surface area contributed by atoms with Gasteiger partial charge in [0.1, 0.15) is 13.2 Å². The quantitative estimate of drug-likeness (QED) is 0.456. The van der Waals surface area contributed by atoms with Crippen LogP contribution in [0.2, 0.25) is 0 Å². The summed E-state index contributed by atoms with van der Waals surface area (Å²) >= 11 is 0. The van der Waals surface area contributed by atoms with Crippen LogP contribution in [0.4, 0.5) is 0 Å². The lowest BCUT2D eigenvalue weighted by atomic mass is 10.2. The molecule has 21 heavy (non-hydrogen) atoms. The Balaban J connectivity index is -0.000000213. The molecule has 6 nitrogen and oxygen atoms in total. The van der Waals surface area contributed by atoms with E-state index in [-0.39, 0.29) is 67.7 Å². The van der Waals surface area contributed by atoms with E-state index in [0.29, 0.717) is 19.6 Å². The first-order valence-electron chi connectivity index (χ1n) is 5.49. The third kappa shape index (κ3) is 24.3. The Morgan fingerprint density at radius 2 is 1.00 bits per heavy atom. The Bertz CT molecular complexity index is 196. The number of esters is 2. The van der Waals surface area contributed by atoms with Crippen LogP contribution in [0.25, 0.3) is 0 Å². The highest BCUT2D eigenvalue weighted by Gasteiger charge is 2.06. The monoisotopic (exact) mass is 312 g/mol. The summed E-state index contributed by atoms with van der Waals surface area (Å²) in [6.45, 7) is 1.25. The predicted octanol–water partition coefficient (Wildman–Crippen LogP) is 3.08. The number of hydrogen-bond donors (Lipinski definition) is 0. The highest BCUT2D eigenvalue weighted by atomic mass is 16.6. The Hall–Kier alpha value is -1.14. The second-order valence-corrected chi connectivity index (χ2v) is 3.28. The lowest BCUT2D eigenvalue weighted by Crippen LogP contribution is -2.12. The zero-order valence-corrected chi connectivity index (χ0v) is 10.4. The minimum atomic E-state index is -0.327. The first kappa shape index (κ1) is 32.0. The van der Waals surface area contributed by atoms with Crippen molar-refractivity contribution in [3.05, 3.63) is 0 Å². The maximum atomic E-state index is 11.1. The summed E-state index contributed by atoms with van der Waals surface area (Å²) in [5, 5.41) is 0. The third-order valence-corrected chi connectivity index (χ3v) is 1.86. The molecule has 132 valence electrons. The van der Waals surface area contributed by atoms with Crippen molar-refractivity contribution in [2.24, 2.45) is 0 Å². The van der Waals surface area contributed by atoms with E-state index in [9.17, 15) is 9.59 Å². The van der Waals surface area contributed by atoms with Crippen molar-refractivity contribution in [2.75, 3.05) is 40.6 Å². The van der Waals surface area contributed by atoms with Crippen molar-refractivity contribution < 1.29 is 28.5 Å². The normalized spacial score (nSPS) is 8.10. The van der Waals surface area contributed by atoms with Crippen LogP contribution in [0, 0.1) is 0 Å². The Labute approximate surface area is 131 Å². The Kier molecular flexibility index (Phi) is 36.4. The maximum absolute atomic E-state index is 11.1. The van der Waals surface area contributed by atoms with Gasteiger partial charge < -0.3 is 18.9 Å². The van der Waals surface area contributed by atoms with E-state index in [4.69, 9.17) is 18.9 Å². The molecule has 0 bridgehead atoms. The largest absolute Gasteiger partial charge is 0.463 e. The molecule has 0 aromatic heterocycles. The zero-order chi connectivity index (χ0) is 12.9. The summed E-state index contributed by atoms with van der Waals surface area (Å²) in [5.74, 6) is -0.654. The number of carbonyl (C=O) groups is 2. The van der Waals surface area contributed by atoms with Crippen LogP contribution in [-0.2, 0) is 28.5 Å². The molecule has 0 unspecified atom stereocenters. The zero-order valence-electron chi connectivity index (χ0n) is 10.4. The molecule has 0 heterocycles. The van der Waals surface area contributed by atoms with Crippen molar-refractivity contribution in [3.63, 3.8) is 0 Å². The van der Waals surface area contributed by atoms with Crippen molar-refractivity contribution >= 4 is 11.9 Å². The first-order valence-corrected chi connectivity index (χ1v) is 5.49. The lowest BCUT2D eigenvalue weighted by Gasteiger charge is -2.05. The van der Waals surface area contributed by atoms with Crippen molar-refractivity contribution in [3.8, 4) is 0 Å². The molecule has 0 N–H and O–H groups in total. The fraction of sp³-hybridized carbons (Fsp3) is 0.867. The van der Waals surface area contributed by atoms with Gasteiger partial charge in [-0.1, -0.05) is 29.7 Å². The molecule has 0 saturated heterocycles. The van der Waals surface area contributed by atoms with E-state index in [0.717, 1.165) is 0 Å². The van der Waals surface area contributed by atoms with E-state index in [2.05, 4.69) is 0 Å². The van der Waals surface area contributed by atoms with E-state index >= 15 is 0 Å². The van der Waals surface area contributed by atoms with Crippen molar-refractivity contribution in [1.82, 2.24) is 0 Å². The summed E-state index contributed by atoms with van der Waals surface area (Å²) in [7, 11) is 3.06. The molecule has 0 saturated carbocycles. The standard InChI is InChI=1S/C11H20O6.4CH4/c1-14-6-8-16-10(12)4-3-5-11(13)17-9-7-15-2;;;;/h3-9H2,1-2H3;4*1H4. The van der Waals surface area contributed by atoms with E-state index in [1.807, 2.05) is 0 Å². The summed E-state index contributed by atoms with van der Waals surface area (Å²) in [5.41, 5.74) is 0. The number of methoxy groups -OCH3 is 2. The average molecular weight is 312 g/mol. The molecule has 0 amide bonds. The molecule has 0 aliphatic heterocycles. The first-order chi connectivity index (χ1) is 8.20. The van der Waals surface area contributed by atoms with Gasteiger partial charge in [-0.3, -0.25) is 9.59 Å². The van der Waals surface area contributed by atoms with Gasteiger partial charge in [-0.15, -0.1) is 0 Å². The predicted molar refractivity (Wildman–Crippen MR) is 86.4 cm³/mol. The Morgan fingerprint density at radius 1 is 0.667 bits per heavy atom. The average Bonchev–Trinajstić information content (AvgIpc) is 2.30. The highest BCUT2D eigenvalue weighted by molar-refractivity contribution is 5.72. The SMILES string of the molecule is C.C.C.C.COCCOC(=O)CCCC(=O)OCCOC. The second kappa shape index (κ2) is 23.9. The molecule has 0 fully saturated rings. The number of carbonyl (C=O) groups excluding carboxylic acids is 2. The van der Waals surface area contributed by atoms with Gasteiger partial charge in [0.25, 0.3) is 0 Å². The molecule has 6 heteroatoms. The molecular formula is C15H36O6. The summed E-state index contributed by atoms with van der Waals surface area (Å²) in [4.78, 5) is 22.2. The van der Waals surface area contributed by atoms with Crippen LogP contribution in [0.5, 0.6) is 0 Å². The smallest absolute Gasteiger partial charge is 0.305 e. The van der Waals surface area contributed by atoms with Crippen LogP contribution in [0.1, 0.15) is 49.0 Å². The van der Waals surface area contributed by atoms with E-state index < -0.39 is 0 Å². The number of hydrogen-bond acceptors (Lipinski definition) is 6. The van der Waals surface area contributed by atoms with Gasteiger partial charge >= 0.3 is 11.9 Å². The maximum Gasteiger partial charge on any atom is 0.305 e. The van der Waals surface area contributed by atoms with E-state index in [1.54, 1.807) is 0 Å². The minimum Gasteiger partial charge on any atom is -0.463 e. The van der Waals surface area contributed by atoms with Gasteiger partial charge in [-0.25, -0.2) is 0 Å². The molecule has 0 radical (unpaired) electrons. The summed E-state index contributed by atoms with van der Waals surface area (Å²) < 4.78 is 19.1. The molecule has 0 atom stereocenters. The van der Waals surface area contributed by atoms with Crippen LogP contribution < -0.4 is 0 Å². The van der Waals surface area contributed by atoms with Crippen molar-refractivity contribution in [1.29, 1.82) is 0 Å². The van der Waals surface area contributed by atoms with Crippen LogP contribution >= 0.6 is 0 Å². The summed E-state index contributed by atoms with van der Waals surface area (Å²) in [6.07, 6.45) is 0.851. The molecule has 0 aromatic carbocycles. The number of ether oxygens (including phenoxy) is 4. The topological polar surface area (TPSA) is 71.1 Å². The molecule has 0 aliphatic carbocycles. The highest BCUT2D eigenvalue weighted by Crippen LogP contribution is 1.99.